The van der Waals surface area contributed by atoms with Gasteiger partial charge in [0.25, 0.3) is 0 Å². The number of hydrogen-bond acceptors (Lipinski definition) is 3. The summed E-state index contributed by atoms with van der Waals surface area (Å²) in [6, 6.07) is 22.5. The second-order valence-corrected chi connectivity index (χ2v) is 7.82. The minimum absolute atomic E-state index is 0.176. The minimum Gasteiger partial charge on any atom is -0.493 e. The normalized spacial score (nSPS) is 13.9. The molecule has 0 amide bonds. The lowest BCUT2D eigenvalue weighted by molar-refractivity contribution is 0.0977. The van der Waals surface area contributed by atoms with Gasteiger partial charge in [-0.3, -0.25) is 4.79 Å². The van der Waals surface area contributed by atoms with E-state index >= 15 is 0 Å². The van der Waals surface area contributed by atoms with Crippen LogP contribution in [0.1, 0.15) is 41.6 Å². The first-order chi connectivity index (χ1) is 14.3. The first-order valence-corrected chi connectivity index (χ1v) is 10.8. The molecule has 1 saturated heterocycles. The van der Waals surface area contributed by atoms with E-state index in [9.17, 15) is 4.79 Å². The van der Waals surface area contributed by atoms with Crippen molar-refractivity contribution in [2.75, 3.05) is 26.2 Å². The Morgan fingerprint density at radius 1 is 0.897 bits per heavy atom. The van der Waals surface area contributed by atoms with E-state index in [0.29, 0.717) is 13.0 Å². The highest BCUT2D eigenvalue weighted by Gasteiger charge is 2.17. The van der Waals surface area contributed by atoms with Crippen molar-refractivity contribution in [2.45, 2.75) is 32.1 Å². The molecule has 0 spiro atoms. The number of ether oxygens (including phenoxy) is 1. The highest BCUT2D eigenvalue weighted by atomic mass is 16.5. The second kappa shape index (κ2) is 9.71. The first kappa shape index (κ1) is 19.7. The number of likely N-dealkylation sites (tertiary alicyclic amines) is 1. The van der Waals surface area contributed by atoms with Crippen LogP contribution in [-0.4, -0.2) is 36.9 Å². The van der Waals surface area contributed by atoms with Crippen LogP contribution in [0.5, 0.6) is 5.75 Å². The average Bonchev–Trinajstić information content (AvgIpc) is 2.72. The number of fused-ring (bicyclic) bond motifs is 1. The number of Topliss-reactive ketones (excluding diaryl/α,β-unsaturated/α-hetero) is 1. The average molecular weight is 388 g/mol. The highest BCUT2D eigenvalue weighted by molar-refractivity contribution is 6.10. The third kappa shape index (κ3) is 5.04. The van der Waals surface area contributed by atoms with Crippen LogP contribution in [0, 0.1) is 0 Å². The van der Waals surface area contributed by atoms with E-state index in [-0.39, 0.29) is 5.78 Å². The number of hydrogen-bond donors (Lipinski definition) is 0. The molecule has 0 radical (unpaired) electrons. The molecule has 29 heavy (non-hydrogen) atoms. The van der Waals surface area contributed by atoms with Gasteiger partial charge in [0.1, 0.15) is 5.75 Å². The summed E-state index contributed by atoms with van der Waals surface area (Å²) in [6.07, 6.45) is 4.61. The van der Waals surface area contributed by atoms with E-state index in [1.54, 1.807) is 0 Å². The topological polar surface area (TPSA) is 29.5 Å². The molecule has 0 aliphatic carbocycles. The Morgan fingerprint density at radius 3 is 2.48 bits per heavy atom. The van der Waals surface area contributed by atoms with Crippen molar-refractivity contribution in [3.8, 4) is 5.75 Å². The smallest absolute Gasteiger partial charge is 0.167 e. The SMILES string of the molecule is O=C(CCCc1ccccc1)c1c(OCCCN2CCC2)ccc2ccccc12. The number of rotatable bonds is 10. The molecule has 3 nitrogen and oxygen atoms in total. The number of nitrogens with zero attached hydrogens (tertiary/aromatic N) is 1. The highest BCUT2D eigenvalue weighted by Crippen LogP contribution is 2.30. The molecule has 0 atom stereocenters. The number of carbonyl (C=O) groups is 1. The molecule has 4 rings (SSSR count). The third-order valence-corrected chi connectivity index (χ3v) is 5.71. The number of ketones is 1. The Bertz CT molecular complexity index is 947. The van der Waals surface area contributed by atoms with Gasteiger partial charge in [0.05, 0.1) is 12.2 Å². The molecule has 3 heteroatoms. The van der Waals surface area contributed by atoms with Crippen LogP contribution in [0.3, 0.4) is 0 Å². The van der Waals surface area contributed by atoms with Gasteiger partial charge in [0.15, 0.2) is 5.78 Å². The number of carbonyl (C=O) groups excluding carboxylic acids is 1. The summed E-state index contributed by atoms with van der Waals surface area (Å²) in [7, 11) is 0. The molecular weight excluding hydrogens is 358 g/mol. The van der Waals surface area contributed by atoms with E-state index in [2.05, 4.69) is 29.2 Å². The minimum atomic E-state index is 0.176. The monoisotopic (exact) mass is 387 g/mol. The molecule has 1 heterocycles. The largest absolute Gasteiger partial charge is 0.493 e. The summed E-state index contributed by atoms with van der Waals surface area (Å²) in [5, 5.41) is 2.09. The van der Waals surface area contributed by atoms with Crippen molar-refractivity contribution in [1.82, 2.24) is 4.90 Å². The summed E-state index contributed by atoms with van der Waals surface area (Å²) in [5.41, 5.74) is 2.03. The number of aryl methyl sites for hydroxylation is 1. The molecule has 1 aliphatic heterocycles. The summed E-state index contributed by atoms with van der Waals surface area (Å²) >= 11 is 0. The molecule has 1 aliphatic rings. The molecule has 0 saturated carbocycles. The van der Waals surface area contributed by atoms with Gasteiger partial charge in [0.2, 0.25) is 0 Å². The standard InChI is InChI=1S/C26H29NO2/c28-24(14-6-11-21-9-2-1-3-10-21)26-23-13-5-4-12-22(23)15-16-25(26)29-20-8-19-27-17-7-18-27/h1-5,9-10,12-13,15-16H,6-8,11,14,17-20H2. The predicted octanol–water partition coefficient (Wildman–Crippen LogP) is 5.52. The Balaban J connectivity index is 1.44. The molecule has 0 unspecified atom stereocenters. The van der Waals surface area contributed by atoms with E-state index in [1.165, 1.54) is 25.1 Å². The van der Waals surface area contributed by atoms with Gasteiger partial charge >= 0.3 is 0 Å². The van der Waals surface area contributed by atoms with Gasteiger partial charge in [-0.05, 0) is 61.2 Å². The van der Waals surface area contributed by atoms with Crippen molar-refractivity contribution in [1.29, 1.82) is 0 Å². The van der Waals surface area contributed by atoms with Crippen molar-refractivity contribution < 1.29 is 9.53 Å². The lowest BCUT2D eigenvalue weighted by Crippen LogP contribution is -2.38. The van der Waals surface area contributed by atoms with Gasteiger partial charge in [-0.15, -0.1) is 0 Å². The molecule has 0 N–H and O–H groups in total. The molecule has 150 valence electrons. The van der Waals surface area contributed by atoms with Crippen molar-refractivity contribution in [3.63, 3.8) is 0 Å². The molecule has 0 aromatic heterocycles. The van der Waals surface area contributed by atoms with Crippen LogP contribution in [0.4, 0.5) is 0 Å². The summed E-state index contributed by atoms with van der Waals surface area (Å²) in [5.74, 6) is 0.910. The zero-order valence-corrected chi connectivity index (χ0v) is 17.0. The fourth-order valence-corrected chi connectivity index (χ4v) is 3.96. The molecular formula is C26H29NO2. The van der Waals surface area contributed by atoms with Gasteiger partial charge in [0, 0.05) is 13.0 Å². The predicted molar refractivity (Wildman–Crippen MR) is 119 cm³/mol. The van der Waals surface area contributed by atoms with Gasteiger partial charge in [-0.1, -0.05) is 60.7 Å². The Labute approximate surface area is 173 Å². The van der Waals surface area contributed by atoms with Crippen LogP contribution in [0.25, 0.3) is 10.8 Å². The Morgan fingerprint density at radius 2 is 1.69 bits per heavy atom. The lowest BCUT2D eigenvalue weighted by Gasteiger charge is -2.30. The van der Waals surface area contributed by atoms with Crippen LogP contribution < -0.4 is 4.74 Å². The van der Waals surface area contributed by atoms with E-state index in [0.717, 1.165) is 47.9 Å². The quantitative estimate of drug-likeness (QED) is 0.339. The number of benzene rings is 3. The first-order valence-electron chi connectivity index (χ1n) is 10.8. The molecule has 1 fully saturated rings. The molecule has 0 bridgehead atoms. The van der Waals surface area contributed by atoms with Crippen molar-refractivity contribution in [2.24, 2.45) is 0 Å². The fourth-order valence-electron chi connectivity index (χ4n) is 3.96. The second-order valence-electron chi connectivity index (χ2n) is 7.82. The molecule has 3 aromatic rings. The van der Waals surface area contributed by atoms with E-state index in [4.69, 9.17) is 4.74 Å². The van der Waals surface area contributed by atoms with Gasteiger partial charge < -0.3 is 9.64 Å². The van der Waals surface area contributed by atoms with Crippen LogP contribution in [-0.2, 0) is 6.42 Å². The maximum atomic E-state index is 13.2. The van der Waals surface area contributed by atoms with Crippen LogP contribution in [0.2, 0.25) is 0 Å². The summed E-state index contributed by atoms with van der Waals surface area (Å²) in [6.45, 7) is 4.15. The molecule has 3 aromatic carbocycles. The van der Waals surface area contributed by atoms with Crippen molar-refractivity contribution >= 4 is 16.6 Å². The Hall–Kier alpha value is -2.65. The summed E-state index contributed by atoms with van der Waals surface area (Å²) < 4.78 is 6.10. The third-order valence-electron chi connectivity index (χ3n) is 5.71. The van der Waals surface area contributed by atoms with Gasteiger partial charge in [-0.25, -0.2) is 0 Å². The van der Waals surface area contributed by atoms with Crippen LogP contribution >= 0.6 is 0 Å². The van der Waals surface area contributed by atoms with E-state index < -0.39 is 0 Å². The Kier molecular flexibility index (Phi) is 6.58. The van der Waals surface area contributed by atoms with E-state index in [1.807, 2.05) is 42.5 Å². The summed E-state index contributed by atoms with van der Waals surface area (Å²) in [4.78, 5) is 15.6. The zero-order chi connectivity index (χ0) is 19.9. The zero-order valence-electron chi connectivity index (χ0n) is 17.0. The lowest BCUT2D eigenvalue weighted by atomic mass is 9.96. The van der Waals surface area contributed by atoms with Gasteiger partial charge in [-0.2, -0.15) is 0 Å². The maximum absolute atomic E-state index is 13.2. The maximum Gasteiger partial charge on any atom is 0.167 e. The van der Waals surface area contributed by atoms with Crippen molar-refractivity contribution in [3.05, 3.63) is 77.9 Å². The fraction of sp³-hybridized carbons (Fsp3) is 0.346. The van der Waals surface area contributed by atoms with Crippen LogP contribution in [0.15, 0.2) is 66.7 Å².